The van der Waals surface area contributed by atoms with Crippen LogP contribution >= 0.6 is 31.7 Å². The average molecular weight is 860 g/mol. The van der Waals surface area contributed by atoms with Gasteiger partial charge in [0, 0.05) is 16.5 Å². The van der Waals surface area contributed by atoms with Crippen molar-refractivity contribution < 1.29 is 16.5 Å². The van der Waals surface area contributed by atoms with E-state index in [1.165, 1.54) is 67.1 Å². The van der Waals surface area contributed by atoms with Gasteiger partial charge in [-0.25, -0.2) is 0 Å². The molecule has 0 aliphatic heterocycles. The largest absolute Gasteiger partial charge is 0.101 e. The average Bonchev–Trinajstić information content (AvgIpc) is 3.29. The van der Waals surface area contributed by atoms with Crippen LogP contribution in [0.5, 0.6) is 0 Å². The molecule has 0 aliphatic carbocycles. The van der Waals surface area contributed by atoms with Crippen LogP contribution in [0.25, 0.3) is 0 Å². The quantitative estimate of drug-likeness (QED) is 0.0756. The summed E-state index contributed by atoms with van der Waals surface area (Å²) in [5, 5.41) is 12.1. The molecule has 0 heterocycles. The van der Waals surface area contributed by atoms with Gasteiger partial charge in [0.1, 0.15) is 24.6 Å². The van der Waals surface area contributed by atoms with Crippen molar-refractivity contribution in [2.24, 2.45) is 0 Å². The van der Waals surface area contributed by atoms with Crippen molar-refractivity contribution in [3.05, 3.63) is 243 Å². The van der Waals surface area contributed by atoms with E-state index in [2.05, 4.69) is 243 Å². The van der Waals surface area contributed by atoms with Gasteiger partial charge in [-0.3, -0.25) is 0 Å². The van der Waals surface area contributed by atoms with Crippen molar-refractivity contribution in [2.45, 2.75) is 0 Å². The van der Waals surface area contributed by atoms with E-state index in [0.717, 1.165) is 0 Å². The van der Waals surface area contributed by atoms with Gasteiger partial charge < -0.3 is 0 Å². The number of hydrogen-bond acceptors (Lipinski definition) is 0. The molecule has 8 rings (SSSR count). The van der Waals surface area contributed by atoms with Crippen LogP contribution in [0.1, 0.15) is 0 Å². The third-order valence-corrected chi connectivity index (χ3v) is 22.5. The van der Waals surface area contributed by atoms with Crippen molar-refractivity contribution in [3.63, 3.8) is 0 Å². The Morgan fingerprint density at radius 3 is 0.386 bits per heavy atom. The molecule has 0 atom stereocenters. The minimum atomic E-state index is -0.783. The second-order valence-corrected chi connectivity index (χ2v) is 24.3. The Balaban J connectivity index is 0.000000189. The molecule has 0 amide bonds. The maximum atomic E-state index is 2.32. The zero-order valence-electron chi connectivity index (χ0n) is 32.2. The van der Waals surface area contributed by atoms with Gasteiger partial charge >= 0.3 is 0 Å². The molecule has 0 aromatic heterocycles. The molecule has 0 aliphatic rings. The van der Waals surface area contributed by atoms with E-state index < -0.39 is 31.7 Å². The molecule has 0 saturated heterocycles. The van der Waals surface area contributed by atoms with Gasteiger partial charge in [-0.05, 0) is 97.1 Å². The summed E-state index contributed by atoms with van der Waals surface area (Å²) in [4.78, 5) is 0. The summed E-state index contributed by atoms with van der Waals surface area (Å²) in [5.41, 5.74) is 0. The molecule has 0 N–H and O–H groups in total. The van der Waals surface area contributed by atoms with Crippen LogP contribution in [0.3, 0.4) is 0 Å². The third kappa shape index (κ3) is 12.5. The summed E-state index contributed by atoms with van der Waals surface area (Å²) in [6.45, 7) is 0. The van der Waals surface area contributed by atoms with Crippen molar-refractivity contribution >= 4 is 74.1 Å². The maximum Gasteiger partial charge on any atom is 0.101 e. The standard InChI is InChI=1S/2C26H24P2.Ni/c2*1-5-13-23(14-6-1)27(24-15-7-2-8-16-24)21-22-28(25-17-9-3-10-18-25)26-19-11-4-12-20-26;/h2*1-20H,21-22H2;/p+4. The molecular formula is C52H52NiP4+4. The van der Waals surface area contributed by atoms with E-state index >= 15 is 0 Å². The van der Waals surface area contributed by atoms with Crippen molar-refractivity contribution in [3.8, 4) is 0 Å². The molecule has 57 heavy (non-hydrogen) atoms. The van der Waals surface area contributed by atoms with Gasteiger partial charge in [-0.2, -0.15) is 0 Å². The molecule has 286 valence electrons. The Hall–Kier alpha value is -4.03. The Labute approximate surface area is 355 Å². The number of benzene rings is 8. The van der Waals surface area contributed by atoms with E-state index in [9.17, 15) is 0 Å². The predicted molar refractivity (Wildman–Crippen MR) is 261 cm³/mol. The number of hydrogen-bond donors (Lipinski definition) is 0. The van der Waals surface area contributed by atoms with E-state index in [-0.39, 0.29) is 16.5 Å². The zero-order valence-corrected chi connectivity index (χ0v) is 37.2. The fraction of sp³-hybridized carbons (Fsp3) is 0.0769. The molecular weight excluding hydrogens is 807 g/mol. The van der Waals surface area contributed by atoms with Crippen molar-refractivity contribution in [2.75, 3.05) is 24.6 Å². The molecule has 0 spiro atoms. The Morgan fingerprint density at radius 2 is 0.281 bits per heavy atom. The first-order valence-corrected chi connectivity index (χ1v) is 26.5. The molecule has 0 unspecified atom stereocenters. The van der Waals surface area contributed by atoms with Crippen LogP contribution in [-0.2, 0) is 16.5 Å². The van der Waals surface area contributed by atoms with Gasteiger partial charge in [0.15, 0.2) is 0 Å². The molecule has 0 fully saturated rings. The van der Waals surface area contributed by atoms with E-state index in [4.69, 9.17) is 0 Å². The summed E-state index contributed by atoms with van der Waals surface area (Å²) in [6.07, 6.45) is 5.04. The van der Waals surface area contributed by atoms with Gasteiger partial charge in [0.2, 0.25) is 0 Å². The molecule has 0 nitrogen and oxygen atoms in total. The fourth-order valence-electron chi connectivity index (χ4n) is 7.44. The van der Waals surface area contributed by atoms with E-state index in [1.54, 1.807) is 0 Å². The second kappa shape index (κ2) is 23.4. The molecule has 8 aromatic carbocycles. The minimum Gasteiger partial charge on any atom is -0.0620 e. The first-order valence-electron chi connectivity index (χ1n) is 19.7. The van der Waals surface area contributed by atoms with Gasteiger partial charge in [-0.15, -0.1) is 0 Å². The Bertz CT molecular complexity index is 1760. The SMILES string of the molecule is [Ni].c1ccc([PH+](CC[PH+](c2ccccc2)c2ccccc2)c2ccccc2)cc1.c1ccc([PH+](CC[PH+](c2ccccc2)c2ccccc2)c2ccccc2)cc1. The summed E-state index contributed by atoms with van der Waals surface area (Å²) < 4.78 is 0. The topological polar surface area (TPSA) is 0 Å². The molecule has 0 saturated carbocycles. The Kier molecular flexibility index (Phi) is 17.5. The third-order valence-electron chi connectivity index (χ3n) is 10.2. The van der Waals surface area contributed by atoms with Crippen LogP contribution in [0.2, 0.25) is 0 Å². The predicted octanol–water partition coefficient (Wildman–Crippen LogP) is 9.43. The zero-order chi connectivity index (χ0) is 38.0. The van der Waals surface area contributed by atoms with Crippen LogP contribution in [-0.4, -0.2) is 24.6 Å². The van der Waals surface area contributed by atoms with Crippen LogP contribution < -0.4 is 42.4 Å². The first kappa shape index (κ1) is 42.6. The summed E-state index contributed by atoms with van der Waals surface area (Å²) in [5.74, 6) is 0. The second-order valence-electron chi connectivity index (χ2n) is 13.8. The van der Waals surface area contributed by atoms with Crippen LogP contribution in [0, 0.1) is 0 Å². The van der Waals surface area contributed by atoms with E-state index in [1.807, 2.05) is 0 Å². The molecule has 8 aromatic rings. The van der Waals surface area contributed by atoms with Crippen molar-refractivity contribution in [1.82, 2.24) is 0 Å². The maximum absolute atomic E-state index is 2.32. The monoisotopic (exact) mass is 858 g/mol. The van der Waals surface area contributed by atoms with Crippen molar-refractivity contribution in [1.29, 1.82) is 0 Å². The van der Waals surface area contributed by atoms with Crippen LogP contribution in [0.4, 0.5) is 0 Å². The molecule has 0 radical (unpaired) electrons. The number of rotatable bonds is 14. The minimum absolute atomic E-state index is 0. The normalized spacial score (nSPS) is 10.9. The van der Waals surface area contributed by atoms with Gasteiger partial charge in [0.05, 0.1) is 74.1 Å². The van der Waals surface area contributed by atoms with E-state index in [0.29, 0.717) is 0 Å². The fourth-order valence-corrected chi connectivity index (χ4v) is 19.8. The first-order chi connectivity index (χ1) is 27.8. The molecule has 5 heteroatoms. The summed E-state index contributed by atoms with van der Waals surface area (Å²) in [7, 11) is -3.13. The molecule has 0 bridgehead atoms. The summed E-state index contributed by atoms with van der Waals surface area (Å²) in [6, 6.07) is 89.0. The van der Waals surface area contributed by atoms with Crippen LogP contribution in [0.15, 0.2) is 243 Å². The Morgan fingerprint density at radius 1 is 0.175 bits per heavy atom. The van der Waals surface area contributed by atoms with Gasteiger partial charge in [0.25, 0.3) is 0 Å². The summed E-state index contributed by atoms with van der Waals surface area (Å²) >= 11 is 0. The smallest absolute Gasteiger partial charge is 0.0620 e. The van der Waals surface area contributed by atoms with Gasteiger partial charge in [-0.1, -0.05) is 146 Å².